The second-order valence-electron chi connectivity index (χ2n) is 6.27. The molecule has 1 aromatic carbocycles. The number of aryl methyl sites for hydroxylation is 2. The van der Waals surface area contributed by atoms with Crippen LogP contribution in [-0.4, -0.2) is 33.7 Å². The molecule has 3 rings (SSSR count). The minimum absolute atomic E-state index is 0.133. The second kappa shape index (κ2) is 7.33. The summed E-state index contributed by atoms with van der Waals surface area (Å²) in [5, 5.41) is 6.17. The summed E-state index contributed by atoms with van der Waals surface area (Å²) in [4.78, 5) is 33.1. The summed E-state index contributed by atoms with van der Waals surface area (Å²) in [5.74, 6) is -0.189. The Kier molecular flexibility index (Phi) is 5.13. The smallest absolute Gasteiger partial charge is 0.251 e. The van der Waals surface area contributed by atoms with E-state index in [1.165, 1.54) is 11.8 Å². The fourth-order valence-corrected chi connectivity index (χ4v) is 3.79. The Bertz CT molecular complexity index is 884. The van der Waals surface area contributed by atoms with Gasteiger partial charge in [-0.25, -0.2) is 9.97 Å². The molecule has 1 aromatic heterocycles. The highest BCUT2D eigenvalue weighted by Crippen LogP contribution is 2.29. The van der Waals surface area contributed by atoms with Gasteiger partial charge in [-0.3, -0.25) is 9.59 Å². The molecule has 8 heteroatoms. The molecule has 4 N–H and O–H groups in total. The normalized spacial score (nSPS) is 17.9. The monoisotopic (exact) mass is 371 g/mol. The highest BCUT2D eigenvalue weighted by atomic mass is 32.2. The molecule has 0 spiro atoms. The van der Waals surface area contributed by atoms with Gasteiger partial charge in [0.15, 0.2) is 0 Å². The molecule has 1 aliphatic rings. The first-order valence-corrected chi connectivity index (χ1v) is 9.22. The number of nitrogens with zero attached hydrogens (tertiary/aromatic N) is 2. The lowest BCUT2D eigenvalue weighted by Crippen LogP contribution is -2.34. The number of amides is 2. The minimum atomic E-state index is -0.210. The lowest BCUT2D eigenvalue weighted by Gasteiger charge is -2.17. The first kappa shape index (κ1) is 18.2. The molecule has 1 unspecified atom stereocenters. The van der Waals surface area contributed by atoms with Crippen molar-refractivity contribution < 1.29 is 9.59 Å². The fourth-order valence-electron chi connectivity index (χ4n) is 2.91. The van der Waals surface area contributed by atoms with Crippen LogP contribution in [0, 0.1) is 13.8 Å². The Balaban J connectivity index is 2.14. The number of rotatable bonds is 0. The van der Waals surface area contributed by atoms with E-state index < -0.39 is 0 Å². The third kappa shape index (κ3) is 3.96. The number of anilines is 1. The molecular weight excluding hydrogens is 350 g/mol. The van der Waals surface area contributed by atoms with E-state index in [-0.39, 0.29) is 36.1 Å². The van der Waals surface area contributed by atoms with E-state index in [0.29, 0.717) is 16.3 Å². The van der Waals surface area contributed by atoms with Crippen LogP contribution in [0.15, 0.2) is 23.2 Å². The molecule has 2 amide bonds. The number of nitrogen functional groups attached to an aromatic ring is 1. The third-order valence-corrected chi connectivity index (χ3v) is 5.03. The quantitative estimate of drug-likeness (QED) is 0.611. The Morgan fingerprint density at radius 3 is 2.62 bits per heavy atom. The molecule has 1 atom stereocenters. The number of aromatic nitrogens is 2. The van der Waals surface area contributed by atoms with E-state index in [1.807, 2.05) is 39.0 Å². The number of carbonyl (C=O) groups excluding carboxylic acids is 2. The summed E-state index contributed by atoms with van der Waals surface area (Å²) in [5.41, 5.74) is 9.81. The summed E-state index contributed by atoms with van der Waals surface area (Å²) in [6, 6.07) is 5.61. The summed E-state index contributed by atoms with van der Waals surface area (Å²) in [7, 11) is 0. The topological polar surface area (TPSA) is 110 Å². The fraction of sp³-hybridized carbons (Fsp3) is 0.333. The zero-order valence-corrected chi connectivity index (χ0v) is 15.7. The van der Waals surface area contributed by atoms with Gasteiger partial charge in [0.2, 0.25) is 11.9 Å². The molecule has 2 heterocycles. The largest absolute Gasteiger partial charge is 0.368 e. The Morgan fingerprint density at radius 2 is 1.85 bits per heavy atom. The highest BCUT2D eigenvalue weighted by molar-refractivity contribution is 7.99. The van der Waals surface area contributed by atoms with Crippen molar-refractivity contribution >= 4 is 29.5 Å². The summed E-state index contributed by atoms with van der Waals surface area (Å²) < 4.78 is 0. The number of benzene rings is 1. The van der Waals surface area contributed by atoms with Crippen molar-refractivity contribution in [1.29, 1.82) is 0 Å². The van der Waals surface area contributed by atoms with E-state index >= 15 is 0 Å². The number of fused-ring (bicyclic) bond motifs is 5. The van der Waals surface area contributed by atoms with Gasteiger partial charge in [0.05, 0.1) is 11.1 Å². The van der Waals surface area contributed by atoms with E-state index in [0.717, 1.165) is 16.7 Å². The number of carbonyl (C=O) groups is 2. The molecule has 0 saturated carbocycles. The van der Waals surface area contributed by atoms with E-state index in [1.54, 1.807) is 0 Å². The maximum atomic E-state index is 12.5. The van der Waals surface area contributed by atoms with Crippen LogP contribution in [-0.2, 0) is 4.79 Å². The predicted octanol–water partition coefficient (Wildman–Crippen LogP) is 2.03. The first-order valence-electron chi connectivity index (χ1n) is 8.34. The van der Waals surface area contributed by atoms with Gasteiger partial charge >= 0.3 is 0 Å². The van der Waals surface area contributed by atoms with Crippen LogP contribution in [0.4, 0.5) is 5.95 Å². The molecule has 1 aliphatic heterocycles. The molecule has 0 aliphatic carbocycles. The van der Waals surface area contributed by atoms with Crippen molar-refractivity contribution in [3.63, 3.8) is 0 Å². The Labute approximate surface area is 156 Å². The molecule has 7 nitrogen and oxygen atoms in total. The Morgan fingerprint density at radius 1 is 1.12 bits per heavy atom. The van der Waals surface area contributed by atoms with E-state index in [9.17, 15) is 9.59 Å². The van der Waals surface area contributed by atoms with Crippen LogP contribution >= 0.6 is 11.8 Å². The molecule has 4 bridgehead atoms. The van der Waals surface area contributed by atoms with Crippen LogP contribution in [0.25, 0.3) is 11.3 Å². The van der Waals surface area contributed by atoms with Gasteiger partial charge in [-0.15, -0.1) is 0 Å². The number of hydrogen-bond acceptors (Lipinski definition) is 6. The summed E-state index contributed by atoms with van der Waals surface area (Å²) in [6.45, 7) is 6.01. The molecule has 0 radical (unpaired) electrons. The highest BCUT2D eigenvalue weighted by Gasteiger charge is 2.17. The molecular formula is C18H21N5O2S. The first-order chi connectivity index (χ1) is 12.3. The van der Waals surface area contributed by atoms with Gasteiger partial charge < -0.3 is 16.4 Å². The van der Waals surface area contributed by atoms with Crippen molar-refractivity contribution in [3.05, 3.63) is 34.9 Å². The molecule has 0 fully saturated rings. The Hall–Kier alpha value is -2.61. The zero-order chi connectivity index (χ0) is 18.8. The van der Waals surface area contributed by atoms with Crippen LogP contribution in [0.1, 0.15) is 34.8 Å². The van der Waals surface area contributed by atoms with Gasteiger partial charge in [-0.2, -0.15) is 0 Å². The lowest BCUT2D eigenvalue weighted by molar-refractivity contribution is -0.121. The molecule has 136 valence electrons. The van der Waals surface area contributed by atoms with Crippen LogP contribution in [0.5, 0.6) is 0 Å². The van der Waals surface area contributed by atoms with E-state index in [2.05, 4.69) is 20.6 Å². The second-order valence-corrected chi connectivity index (χ2v) is 7.63. The molecule has 2 aromatic rings. The third-order valence-electron chi connectivity index (χ3n) is 4.11. The van der Waals surface area contributed by atoms with Crippen molar-refractivity contribution in [2.45, 2.75) is 37.6 Å². The number of thioether (sulfide) groups is 1. The van der Waals surface area contributed by atoms with Crippen LogP contribution < -0.4 is 16.4 Å². The van der Waals surface area contributed by atoms with Crippen molar-refractivity contribution in [1.82, 2.24) is 20.6 Å². The maximum Gasteiger partial charge on any atom is 0.251 e. The van der Waals surface area contributed by atoms with Crippen LogP contribution in [0.2, 0.25) is 0 Å². The van der Waals surface area contributed by atoms with Crippen molar-refractivity contribution in [2.75, 3.05) is 12.3 Å². The number of hydrogen-bond donors (Lipinski definition) is 3. The van der Waals surface area contributed by atoms with Gasteiger partial charge in [-0.05, 0) is 44.0 Å². The molecule has 0 saturated heterocycles. The summed E-state index contributed by atoms with van der Waals surface area (Å²) >= 11 is 1.40. The predicted molar refractivity (Wildman–Crippen MR) is 102 cm³/mol. The average molecular weight is 371 g/mol. The average Bonchev–Trinajstić information content (AvgIpc) is 2.53. The number of nitrogens with one attached hydrogen (secondary N) is 2. The van der Waals surface area contributed by atoms with Crippen molar-refractivity contribution in [2.24, 2.45) is 0 Å². The minimum Gasteiger partial charge on any atom is -0.368 e. The molecule has 26 heavy (non-hydrogen) atoms. The standard InChI is InChI=1S/C18H21N5O2S/c1-9-6-10(2)13-7-12(9)14-8-16(23-18(19)22-14)26-11(3)21-15(24)4-5-20-17(13)25/h6-8,11H,4-5H2,1-3H3,(H,20,25)(H,21,24)(H2,19,22,23). The number of nitrogens with two attached hydrogens (primary N) is 1. The maximum absolute atomic E-state index is 12.5. The summed E-state index contributed by atoms with van der Waals surface area (Å²) in [6.07, 6.45) is 0.214. The van der Waals surface area contributed by atoms with Gasteiger partial charge in [-0.1, -0.05) is 17.8 Å². The zero-order valence-electron chi connectivity index (χ0n) is 14.9. The van der Waals surface area contributed by atoms with Crippen molar-refractivity contribution in [3.8, 4) is 11.3 Å². The SMILES string of the molecule is Cc1cc(C)c2cc1C(=O)NCCC(=O)NC(C)Sc1cc-2nc(N)n1. The van der Waals surface area contributed by atoms with Gasteiger partial charge in [0.25, 0.3) is 5.91 Å². The lowest BCUT2D eigenvalue weighted by atomic mass is 9.97. The van der Waals surface area contributed by atoms with Gasteiger partial charge in [0.1, 0.15) is 5.03 Å². The van der Waals surface area contributed by atoms with E-state index in [4.69, 9.17) is 5.73 Å². The van der Waals surface area contributed by atoms with Crippen LogP contribution in [0.3, 0.4) is 0 Å². The van der Waals surface area contributed by atoms with Gasteiger partial charge in [0, 0.05) is 24.1 Å².